The van der Waals surface area contributed by atoms with Gasteiger partial charge in [0.1, 0.15) is 0 Å². The van der Waals surface area contributed by atoms with E-state index < -0.39 is 0 Å². The van der Waals surface area contributed by atoms with E-state index in [4.69, 9.17) is 9.15 Å². The van der Waals surface area contributed by atoms with Crippen LogP contribution in [-0.4, -0.2) is 31.8 Å². The van der Waals surface area contributed by atoms with Crippen molar-refractivity contribution in [2.24, 2.45) is 0 Å². The molecule has 0 aliphatic rings. The molecule has 0 fully saturated rings. The Morgan fingerprint density at radius 2 is 2.33 bits per heavy atom. The zero-order valence-corrected chi connectivity index (χ0v) is 11.5. The molecule has 0 aromatic carbocycles. The minimum atomic E-state index is 0.727. The van der Waals surface area contributed by atoms with Crippen molar-refractivity contribution in [1.82, 2.24) is 10.3 Å². The van der Waals surface area contributed by atoms with E-state index in [1.165, 1.54) is 10.4 Å². The topological polar surface area (TPSA) is 47.3 Å². The molecule has 0 spiro atoms. The molecular weight excluding hydrogens is 248 g/mol. The molecular formula is C13H18N2O2S. The summed E-state index contributed by atoms with van der Waals surface area (Å²) >= 11 is 1.69. The zero-order valence-electron chi connectivity index (χ0n) is 10.7. The van der Waals surface area contributed by atoms with Gasteiger partial charge >= 0.3 is 0 Å². The smallest absolute Gasteiger partial charge is 0.196 e. The number of nitrogens with zero attached hydrogens (tertiary/aromatic N) is 1. The number of aryl methyl sites for hydroxylation is 1. The van der Waals surface area contributed by atoms with Crippen LogP contribution in [0.5, 0.6) is 0 Å². The summed E-state index contributed by atoms with van der Waals surface area (Å²) in [5.74, 6) is 1.65. The van der Waals surface area contributed by atoms with Crippen LogP contribution in [-0.2, 0) is 11.2 Å². The average Bonchev–Trinajstić information content (AvgIpc) is 2.97. The van der Waals surface area contributed by atoms with Crippen molar-refractivity contribution in [2.45, 2.75) is 13.3 Å². The predicted octanol–water partition coefficient (Wildman–Crippen LogP) is 2.49. The average molecular weight is 266 g/mol. The number of hydrogen-bond donors (Lipinski definition) is 1. The van der Waals surface area contributed by atoms with Crippen molar-refractivity contribution in [2.75, 3.05) is 26.8 Å². The summed E-state index contributed by atoms with van der Waals surface area (Å²) in [5.41, 5.74) is 1.24. The van der Waals surface area contributed by atoms with Crippen molar-refractivity contribution >= 4 is 11.3 Å². The van der Waals surface area contributed by atoms with Gasteiger partial charge in [-0.25, -0.2) is 4.98 Å². The molecule has 0 unspecified atom stereocenters. The Bertz CT molecular complexity index is 479. The summed E-state index contributed by atoms with van der Waals surface area (Å²) in [6.07, 6.45) is 2.61. The molecule has 2 aromatic heterocycles. The highest BCUT2D eigenvalue weighted by molar-refractivity contribution is 7.13. The van der Waals surface area contributed by atoms with Gasteiger partial charge < -0.3 is 14.5 Å². The van der Waals surface area contributed by atoms with Gasteiger partial charge in [-0.1, -0.05) is 0 Å². The summed E-state index contributed by atoms with van der Waals surface area (Å²) < 4.78 is 10.7. The highest BCUT2D eigenvalue weighted by atomic mass is 32.1. The molecule has 2 aromatic rings. The maximum absolute atomic E-state index is 5.74. The van der Waals surface area contributed by atoms with Crippen LogP contribution in [0.2, 0.25) is 0 Å². The summed E-state index contributed by atoms with van der Waals surface area (Å²) in [6, 6.07) is 2.09. The fraction of sp³-hybridized carbons (Fsp3) is 0.462. The lowest BCUT2D eigenvalue weighted by Crippen LogP contribution is -2.21. The molecule has 0 amide bonds. The van der Waals surface area contributed by atoms with Crippen LogP contribution < -0.4 is 5.32 Å². The van der Waals surface area contributed by atoms with Crippen LogP contribution in [0.25, 0.3) is 10.6 Å². The second-order valence-electron chi connectivity index (χ2n) is 4.04. The molecule has 98 valence electrons. The van der Waals surface area contributed by atoms with Gasteiger partial charge in [0.05, 0.1) is 17.7 Å². The summed E-state index contributed by atoms with van der Waals surface area (Å²) in [7, 11) is 1.70. The second kappa shape index (κ2) is 6.68. The van der Waals surface area contributed by atoms with Crippen LogP contribution in [0.15, 0.2) is 22.1 Å². The summed E-state index contributed by atoms with van der Waals surface area (Å²) in [6.45, 7) is 4.52. The van der Waals surface area contributed by atoms with Crippen LogP contribution >= 0.6 is 11.3 Å². The molecule has 0 aliphatic carbocycles. The largest absolute Gasteiger partial charge is 0.440 e. The Morgan fingerprint density at radius 3 is 3.06 bits per heavy atom. The highest BCUT2D eigenvalue weighted by Crippen LogP contribution is 2.29. The fourth-order valence-electron chi connectivity index (χ4n) is 1.65. The molecule has 0 bridgehead atoms. The first kappa shape index (κ1) is 13.3. The number of aromatic nitrogens is 1. The molecule has 2 rings (SSSR count). The van der Waals surface area contributed by atoms with E-state index in [1.807, 2.05) is 6.20 Å². The van der Waals surface area contributed by atoms with E-state index in [1.54, 1.807) is 18.4 Å². The van der Waals surface area contributed by atoms with Crippen LogP contribution in [0.4, 0.5) is 0 Å². The second-order valence-corrected chi connectivity index (χ2v) is 4.96. The molecule has 0 saturated carbocycles. The lowest BCUT2D eigenvalue weighted by Gasteiger charge is -2.01. The van der Waals surface area contributed by atoms with Gasteiger partial charge in [-0.05, 0) is 23.9 Å². The minimum Gasteiger partial charge on any atom is -0.440 e. The normalized spacial score (nSPS) is 11.0. The predicted molar refractivity (Wildman–Crippen MR) is 73.0 cm³/mol. The number of nitrogens with one attached hydrogen (secondary N) is 1. The molecule has 0 saturated heterocycles. The third-order valence-corrected chi connectivity index (χ3v) is 3.67. The van der Waals surface area contributed by atoms with Gasteiger partial charge in [0.15, 0.2) is 11.7 Å². The van der Waals surface area contributed by atoms with E-state index in [0.29, 0.717) is 0 Å². The monoisotopic (exact) mass is 266 g/mol. The number of ether oxygens (including phenoxy) is 1. The third kappa shape index (κ3) is 3.41. The Morgan fingerprint density at radius 1 is 1.44 bits per heavy atom. The van der Waals surface area contributed by atoms with Gasteiger partial charge in [-0.2, -0.15) is 0 Å². The van der Waals surface area contributed by atoms with Crippen molar-refractivity contribution in [3.05, 3.63) is 29.1 Å². The first-order valence-corrected chi connectivity index (χ1v) is 6.88. The van der Waals surface area contributed by atoms with Gasteiger partial charge in [-0.15, -0.1) is 11.3 Å². The lowest BCUT2D eigenvalue weighted by molar-refractivity contribution is 0.199. The first-order chi connectivity index (χ1) is 8.81. The Balaban J connectivity index is 1.85. The molecule has 1 N–H and O–H groups in total. The maximum Gasteiger partial charge on any atom is 0.196 e. The molecule has 4 nitrogen and oxygen atoms in total. The van der Waals surface area contributed by atoms with Gasteiger partial charge in [-0.3, -0.25) is 0 Å². The van der Waals surface area contributed by atoms with E-state index in [0.717, 1.165) is 37.8 Å². The van der Waals surface area contributed by atoms with Crippen LogP contribution in [0.1, 0.15) is 11.5 Å². The molecule has 5 heteroatoms. The van der Waals surface area contributed by atoms with Crippen molar-refractivity contribution < 1.29 is 9.15 Å². The quantitative estimate of drug-likeness (QED) is 0.782. The molecule has 0 radical (unpaired) electrons. The van der Waals surface area contributed by atoms with Crippen molar-refractivity contribution in [1.29, 1.82) is 0 Å². The minimum absolute atomic E-state index is 0.727. The van der Waals surface area contributed by atoms with Crippen LogP contribution in [0, 0.1) is 6.92 Å². The molecule has 0 aliphatic heterocycles. The van der Waals surface area contributed by atoms with E-state index in [9.17, 15) is 0 Å². The standard InChI is InChI=1S/C13H18N2O2S/c1-10-4-8-18-13(10)11-9-15-12(17-11)3-5-14-6-7-16-2/h4,8-9,14H,3,5-7H2,1-2H3. The number of methoxy groups -OCH3 is 1. The zero-order chi connectivity index (χ0) is 12.8. The summed E-state index contributed by atoms with van der Waals surface area (Å²) in [4.78, 5) is 5.47. The molecule has 18 heavy (non-hydrogen) atoms. The number of rotatable bonds is 7. The molecule has 2 heterocycles. The first-order valence-electron chi connectivity index (χ1n) is 6.00. The summed E-state index contributed by atoms with van der Waals surface area (Å²) in [5, 5.41) is 5.34. The molecule has 0 atom stereocenters. The lowest BCUT2D eigenvalue weighted by atomic mass is 10.2. The van der Waals surface area contributed by atoms with Gasteiger partial charge in [0.25, 0.3) is 0 Å². The van der Waals surface area contributed by atoms with E-state index in [2.05, 4.69) is 28.7 Å². The number of oxazole rings is 1. The highest BCUT2D eigenvalue weighted by Gasteiger charge is 2.09. The fourth-order valence-corrected chi connectivity index (χ4v) is 2.52. The SMILES string of the molecule is COCCNCCc1ncc(-c2sccc2C)o1. The van der Waals surface area contributed by atoms with Gasteiger partial charge in [0.2, 0.25) is 0 Å². The Hall–Kier alpha value is -1.17. The van der Waals surface area contributed by atoms with Crippen molar-refractivity contribution in [3.63, 3.8) is 0 Å². The Labute approximate surface area is 111 Å². The third-order valence-electron chi connectivity index (χ3n) is 2.64. The van der Waals surface area contributed by atoms with Gasteiger partial charge in [0, 0.05) is 26.6 Å². The van der Waals surface area contributed by atoms with Crippen LogP contribution in [0.3, 0.4) is 0 Å². The number of hydrogen-bond acceptors (Lipinski definition) is 5. The maximum atomic E-state index is 5.74. The van der Waals surface area contributed by atoms with E-state index >= 15 is 0 Å². The Kier molecular flexibility index (Phi) is 4.92. The van der Waals surface area contributed by atoms with E-state index in [-0.39, 0.29) is 0 Å². The number of thiophene rings is 1. The van der Waals surface area contributed by atoms with Crippen molar-refractivity contribution in [3.8, 4) is 10.6 Å².